The van der Waals surface area contributed by atoms with Crippen LogP contribution < -0.4 is 5.32 Å². The molecule has 2 saturated heterocycles. The summed E-state index contributed by atoms with van der Waals surface area (Å²) >= 11 is 0. The number of imide groups is 1. The summed E-state index contributed by atoms with van der Waals surface area (Å²) < 4.78 is 13.4. The number of carbonyl (C=O) groups is 3. The molecule has 2 fully saturated rings. The van der Waals surface area contributed by atoms with Crippen LogP contribution in [0.25, 0.3) is 6.08 Å². The first-order valence-corrected chi connectivity index (χ1v) is 12.2. The van der Waals surface area contributed by atoms with Gasteiger partial charge in [-0.3, -0.25) is 14.5 Å². The van der Waals surface area contributed by atoms with E-state index in [1.807, 2.05) is 30.3 Å². The fourth-order valence-electron chi connectivity index (χ4n) is 5.06. The molecule has 4 amide bonds. The van der Waals surface area contributed by atoms with E-state index in [4.69, 9.17) is 0 Å². The number of likely N-dealkylation sites (tertiary alicyclic amines) is 1. The summed E-state index contributed by atoms with van der Waals surface area (Å²) in [5.41, 5.74) is 0.697. The van der Waals surface area contributed by atoms with Gasteiger partial charge in [-0.25, -0.2) is 9.18 Å². The van der Waals surface area contributed by atoms with Crippen molar-refractivity contribution in [3.05, 3.63) is 77.6 Å². The summed E-state index contributed by atoms with van der Waals surface area (Å²) in [6.07, 6.45) is 5.37. The molecular formula is C29H30FN3O3. The first kappa shape index (κ1) is 25.2. The van der Waals surface area contributed by atoms with Crippen LogP contribution in [-0.2, 0) is 16.0 Å². The van der Waals surface area contributed by atoms with E-state index in [1.54, 1.807) is 30.0 Å². The van der Waals surface area contributed by atoms with Crippen LogP contribution in [0.4, 0.5) is 9.18 Å². The van der Waals surface area contributed by atoms with Crippen molar-refractivity contribution in [1.82, 2.24) is 15.1 Å². The van der Waals surface area contributed by atoms with Gasteiger partial charge in [-0.05, 0) is 67.9 Å². The minimum Gasteiger partial charge on any atom is -0.339 e. The molecule has 2 aromatic carbocycles. The van der Waals surface area contributed by atoms with E-state index < -0.39 is 11.6 Å². The lowest BCUT2D eigenvalue weighted by atomic mass is 9.74. The van der Waals surface area contributed by atoms with Crippen LogP contribution in [-0.4, -0.2) is 52.8 Å². The van der Waals surface area contributed by atoms with Crippen LogP contribution in [0.2, 0.25) is 0 Å². The number of aryl methyl sites for hydroxylation is 1. The van der Waals surface area contributed by atoms with Gasteiger partial charge in [-0.1, -0.05) is 48.4 Å². The Hall–Kier alpha value is -3.92. The molecule has 0 aliphatic carbocycles. The largest absolute Gasteiger partial charge is 0.339 e. The van der Waals surface area contributed by atoms with Crippen LogP contribution >= 0.6 is 0 Å². The molecule has 36 heavy (non-hydrogen) atoms. The smallest absolute Gasteiger partial charge is 0.325 e. The van der Waals surface area contributed by atoms with Crippen LogP contribution in [0.1, 0.15) is 37.3 Å². The van der Waals surface area contributed by atoms with Gasteiger partial charge in [0.2, 0.25) is 5.91 Å². The zero-order chi connectivity index (χ0) is 25.5. The van der Waals surface area contributed by atoms with Gasteiger partial charge >= 0.3 is 6.03 Å². The highest BCUT2D eigenvalue weighted by Gasteiger charge is 2.55. The molecule has 0 aromatic heterocycles. The Balaban J connectivity index is 1.47. The second-order valence-corrected chi connectivity index (χ2v) is 9.19. The number of nitrogens with one attached hydrogen (secondary N) is 1. The van der Waals surface area contributed by atoms with E-state index in [9.17, 15) is 18.8 Å². The van der Waals surface area contributed by atoms with Gasteiger partial charge < -0.3 is 10.2 Å². The van der Waals surface area contributed by atoms with Gasteiger partial charge in [-0.2, -0.15) is 0 Å². The van der Waals surface area contributed by atoms with E-state index in [0.717, 1.165) is 5.56 Å². The van der Waals surface area contributed by atoms with Gasteiger partial charge in [-0.15, -0.1) is 5.92 Å². The molecule has 0 spiro atoms. The molecule has 2 aliphatic heterocycles. The Morgan fingerprint density at radius 1 is 1.14 bits per heavy atom. The number of amides is 4. The van der Waals surface area contributed by atoms with Crippen molar-refractivity contribution < 1.29 is 18.8 Å². The van der Waals surface area contributed by atoms with E-state index in [-0.39, 0.29) is 30.1 Å². The third kappa shape index (κ3) is 5.49. The molecule has 6 nitrogen and oxygen atoms in total. The number of benzene rings is 2. The lowest BCUT2D eigenvalue weighted by Crippen LogP contribution is -2.56. The third-order valence-electron chi connectivity index (χ3n) is 7.04. The summed E-state index contributed by atoms with van der Waals surface area (Å²) in [5.74, 6) is 4.73. The molecular weight excluding hydrogens is 457 g/mol. The molecule has 4 rings (SSSR count). The summed E-state index contributed by atoms with van der Waals surface area (Å²) in [6, 6.07) is 15.6. The molecule has 2 heterocycles. The highest BCUT2D eigenvalue weighted by atomic mass is 19.1. The van der Waals surface area contributed by atoms with E-state index >= 15 is 0 Å². The summed E-state index contributed by atoms with van der Waals surface area (Å²) in [5, 5.41) is 3.03. The van der Waals surface area contributed by atoms with E-state index in [1.165, 1.54) is 23.1 Å². The van der Waals surface area contributed by atoms with Gasteiger partial charge in [0.15, 0.2) is 0 Å². The third-order valence-corrected chi connectivity index (χ3v) is 7.04. The van der Waals surface area contributed by atoms with Gasteiger partial charge in [0.05, 0.1) is 6.54 Å². The second kappa shape index (κ2) is 11.2. The van der Waals surface area contributed by atoms with Crippen molar-refractivity contribution in [3.8, 4) is 11.8 Å². The Labute approximate surface area is 211 Å². The molecule has 0 bridgehead atoms. The lowest BCUT2D eigenvalue weighted by molar-refractivity contribution is -0.134. The van der Waals surface area contributed by atoms with Crippen molar-refractivity contribution in [2.75, 3.05) is 19.6 Å². The predicted octanol–water partition coefficient (Wildman–Crippen LogP) is 4.02. The fraction of sp³-hybridized carbons (Fsp3) is 0.345. The monoisotopic (exact) mass is 487 g/mol. The molecule has 2 aliphatic rings. The van der Waals surface area contributed by atoms with E-state index in [2.05, 4.69) is 17.2 Å². The zero-order valence-electron chi connectivity index (χ0n) is 20.4. The average molecular weight is 488 g/mol. The van der Waals surface area contributed by atoms with Crippen LogP contribution in [0.15, 0.2) is 60.7 Å². The van der Waals surface area contributed by atoms with Gasteiger partial charge in [0, 0.05) is 19.2 Å². The molecule has 1 atom stereocenters. The Kier molecular flexibility index (Phi) is 7.84. The first-order chi connectivity index (χ1) is 17.4. The fourth-order valence-corrected chi connectivity index (χ4v) is 5.06. The summed E-state index contributed by atoms with van der Waals surface area (Å²) in [7, 11) is 0. The number of hydrogen-bond donors (Lipinski definition) is 1. The van der Waals surface area contributed by atoms with Crippen molar-refractivity contribution in [3.63, 3.8) is 0 Å². The molecule has 7 heteroatoms. The Bertz CT molecular complexity index is 1210. The van der Waals surface area contributed by atoms with E-state index in [0.29, 0.717) is 44.3 Å². The van der Waals surface area contributed by atoms with Crippen molar-refractivity contribution in [2.24, 2.45) is 5.92 Å². The average Bonchev–Trinajstić information content (AvgIpc) is 3.15. The van der Waals surface area contributed by atoms with Crippen molar-refractivity contribution in [1.29, 1.82) is 0 Å². The van der Waals surface area contributed by atoms with Crippen molar-refractivity contribution in [2.45, 2.75) is 38.1 Å². The normalized spacial score (nSPS) is 20.4. The quantitative estimate of drug-likeness (QED) is 0.364. The maximum absolute atomic E-state index is 13.6. The number of rotatable bonds is 7. The van der Waals surface area contributed by atoms with Gasteiger partial charge in [0.25, 0.3) is 5.91 Å². The highest BCUT2D eigenvalue weighted by molar-refractivity contribution is 6.07. The molecule has 186 valence electrons. The second-order valence-electron chi connectivity index (χ2n) is 9.19. The van der Waals surface area contributed by atoms with Crippen LogP contribution in [0, 0.1) is 23.6 Å². The standard InChI is InChI=1S/C29H30FN3O3/c1-2-3-18-33-27(35)29(31-28(33)36,17-14-22-8-5-4-6-9-22)24-15-19-32(20-16-24)26(34)13-12-23-10-7-11-25(30)21-23/h4-13,21,24H,14-20H2,1H3,(H,31,36)/b13-12+. The maximum atomic E-state index is 13.6. The predicted molar refractivity (Wildman–Crippen MR) is 136 cm³/mol. The summed E-state index contributed by atoms with van der Waals surface area (Å²) in [6.45, 7) is 2.69. The van der Waals surface area contributed by atoms with Crippen LogP contribution in [0.5, 0.6) is 0 Å². The Morgan fingerprint density at radius 3 is 2.58 bits per heavy atom. The number of piperidine rings is 1. The molecule has 1 unspecified atom stereocenters. The number of hydrogen-bond acceptors (Lipinski definition) is 3. The lowest BCUT2D eigenvalue weighted by Gasteiger charge is -2.40. The zero-order valence-corrected chi connectivity index (χ0v) is 20.4. The topological polar surface area (TPSA) is 69.7 Å². The maximum Gasteiger partial charge on any atom is 0.325 e. The minimum atomic E-state index is -1.02. The molecule has 0 saturated carbocycles. The van der Waals surface area contributed by atoms with Crippen molar-refractivity contribution >= 4 is 23.9 Å². The number of halogens is 1. The molecule has 2 aromatic rings. The van der Waals surface area contributed by atoms with Gasteiger partial charge in [0.1, 0.15) is 11.4 Å². The Morgan fingerprint density at radius 2 is 1.89 bits per heavy atom. The number of urea groups is 1. The highest BCUT2D eigenvalue weighted by Crippen LogP contribution is 2.37. The van der Waals surface area contributed by atoms with Crippen LogP contribution in [0.3, 0.4) is 0 Å². The molecule has 0 radical (unpaired) electrons. The minimum absolute atomic E-state index is 0.0659. The number of carbonyl (C=O) groups excluding carboxylic acids is 3. The SMILES string of the molecule is CC#CCN1C(=O)NC(CCc2ccccc2)(C2CCN(C(=O)/C=C/c3cccc(F)c3)CC2)C1=O. The number of nitrogens with zero attached hydrogens (tertiary/aromatic N) is 2. The molecule has 1 N–H and O–H groups in total. The first-order valence-electron chi connectivity index (χ1n) is 12.2. The summed E-state index contributed by atoms with van der Waals surface area (Å²) in [4.78, 5) is 42.1.